The lowest BCUT2D eigenvalue weighted by molar-refractivity contribution is 0.0696. The molecule has 0 aliphatic rings. The number of rotatable bonds is 3. The van der Waals surface area contributed by atoms with Gasteiger partial charge in [-0.1, -0.05) is 26.0 Å². The van der Waals surface area contributed by atoms with Gasteiger partial charge in [0.1, 0.15) is 0 Å². The predicted octanol–water partition coefficient (Wildman–Crippen LogP) is 2.70. The molecule has 0 bridgehead atoms. The number of benzene rings is 1. The summed E-state index contributed by atoms with van der Waals surface area (Å²) in [4.78, 5) is 10.6. The average Bonchev–Trinajstić information content (AvgIpc) is 2.17. The summed E-state index contributed by atoms with van der Waals surface area (Å²) in [6.45, 7) is 4.17. The van der Waals surface area contributed by atoms with Crippen molar-refractivity contribution in [3.05, 3.63) is 35.4 Å². The third-order valence-electron chi connectivity index (χ3n) is 2.24. The van der Waals surface area contributed by atoms with Crippen molar-refractivity contribution in [1.82, 2.24) is 0 Å². The van der Waals surface area contributed by atoms with Crippen LogP contribution >= 0.6 is 0 Å². The molecule has 0 heterocycles. The summed E-state index contributed by atoms with van der Waals surface area (Å²) in [5.74, 6) is -0.502. The van der Waals surface area contributed by atoms with E-state index in [9.17, 15) is 4.79 Å². The van der Waals surface area contributed by atoms with Crippen LogP contribution < -0.4 is 0 Å². The highest BCUT2D eigenvalue weighted by molar-refractivity contribution is 5.87. The minimum absolute atomic E-state index is 0.248. The van der Waals surface area contributed by atoms with Gasteiger partial charge in [0.25, 0.3) is 0 Å². The lowest BCUT2D eigenvalue weighted by Crippen LogP contribution is -1.99. The molecule has 2 heteroatoms. The average molecular weight is 177 g/mol. The van der Waals surface area contributed by atoms with Gasteiger partial charge >= 0.3 is 5.97 Å². The molecule has 2 nitrogen and oxygen atoms in total. The van der Waals surface area contributed by atoms with E-state index in [0.717, 1.165) is 12.0 Å². The maximum Gasteiger partial charge on any atom is 0.336 e. The summed E-state index contributed by atoms with van der Waals surface area (Å²) >= 11 is 0. The maximum absolute atomic E-state index is 10.6. The molecule has 1 atom stereocenters. The van der Waals surface area contributed by atoms with E-state index in [1.165, 1.54) is 0 Å². The fourth-order valence-electron chi connectivity index (χ4n) is 1.15. The standard InChI is InChI=1S/C11H13O2/c1-3-8(2)9-5-4-6-10(7-9)11(12)13/h4-5,7-8H,3H2,1-2H3,(H,12,13). The van der Waals surface area contributed by atoms with Gasteiger partial charge in [-0.05, 0) is 30.0 Å². The highest BCUT2D eigenvalue weighted by Crippen LogP contribution is 2.18. The van der Waals surface area contributed by atoms with Gasteiger partial charge in [-0.3, -0.25) is 0 Å². The molecule has 0 aliphatic carbocycles. The van der Waals surface area contributed by atoms with E-state index in [0.29, 0.717) is 5.92 Å². The molecule has 1 aromatic rings. The molecule has 1 N–H and O–H groups in total. The molecule has 0 fully saturated rings. The number of carboxylic acids is 1. The van der Waals surface area contributed by atoms with E-state index >= 15 is 0 Å². The topological polar surface area (TPSA) is 37.3 Å². The van der Waals surface area contributed by atoms with Crippen molar-refractivity contribution in [3.8, 4) is 0 Å². The quantitative estimate of drug-likeness (QED) is 0.770. The molecule has 0 spiro atoms. The van der Waals surface area contributed by atoms with Crippen LogP contribution in [-0.4, -0.2) is 11.1 Å². The van der Waals surface area contributed by atoms with Crippen molar-refractivity contribution in [2.24, 2.45) is 0 Å². The molecule has 69 valence electrons. The van der Waals surface area contributed by atoms with E-state index < -0.39 is 5.97 Å². The Morgan fingerprint density at radius 2 is 2.38 bits per heavy atom. The van der Waals surface area contributed by atoms with Gasteiger partial charge in [0.05, 0.1) is 5.56 Å². The third kappa shape index (κ3) is 2.31. The van der Waals surface area contributed by atoms with Crippen molar-refractivity contribution >= 4 is 5.97 Å². The van der Waals surface area contributed by atoms with Crippen LogP contribution in [0, 0.1) is 6.07 Å². The molecule has 0 amide bonds. The second kappa shape index (κ2) is 4.08. The Morgan fingerprint density at radius 3 is 2.92 bits per heavy atom. The minimum Gasteiger partial charge on any atom is -0.478 e. The van der Waals surface area contributed by atoms with Gasteiger partial charge in [-0.2, -0.15) is 0 Å². The number of carboxylic acid groups (broad SMARTS) is 1. The summed E-state index contributed by atoms with van der Waals surface area (Å²) in [5.41, 5.74) is 1.32. The third-order valence-corrected chi connectivity index (χ3v) is 2.24. The zero-order valence-electron chi connectivity index (χ0n) is 7.87. The lowest BCUT2D eigenvalue weighted by atomic mass is 9.97. The van der Waals surface area contributed by atoms with E-state index in [1.54, 1.807) is 12.1 Å². The van der Waals surface area contributed by atoms with Crippen molar-refractivity contribution in [2.45, 2.75) is 26.2 Å². The zero-order valence-corrected chi connectivity index (χ0v) is 7.87. The Hall–Kier alpha value is -1.31. The Morgan fingerprint density at radius 1 is 1.69 bits per heavy atom. The van der Waals surface area contributed by atoms with Crippen LogP contribution in [0.2, 0.25) is 0 Å². The lowest BCUT2D eigenvalue weighted by Gasteiger charge is -2.08. The van der Waals surface area contributed by atoms with E-state index in [-0.39, 0.29) is 5.56 Å². The van der Waals surface area contributed by atoms with Gasteiger partial charge in [-0.25, -0.2) is 4.79 Å². The number of aromatic carboxylic acids is 1. The Kier molecular flexibility index (Phi) is 3.07. The fourth-order valence-corrected chi connectivity index (χ4v) is 1.15. The maximum atomic E-state index is 10.6. The van der Waals surface area contributed by atoms with Crippen LogP contribution in [-0.2, 0) is 0 Å². The van der Waals surface area contributed by atoms with Crippen LogP contribution in [0.4, 0.5) is 0 Å². The normalized spacial score (nSPS) is 12.5. The molecule has 1 aromatic carbocycles. The highest BCUT2D eigenvalue weighted by atomic mass is 16.4. The second-order valence-electron chi connectivity index (χ2n) is 3.15. The summed E-state index contributed by atoms with van der Waals surface area (Å²) in [6, 6.07) is 7.97. The Labute approximate surface area is 78.2 Å². The molecule has 1 rings (SSSR count). The van der Waals surface area contributed by atoms with E-state index in [4.69, 9.17) is 5.11 Å². The molecule has 1 radical (unpaired) electrons. The van der Waals surface area contributed by atoms with Crippen molar-refractivity contribution in [2.75, 3.05) is 0 Å². The summed E-state index contributed by atoms with van der Waals surface area (Å²) in [6.07, 6.45) is 1.02. The molecule has 0 aliphatic heterocycles. The predicted molar refractivity (Wildman–Crippen MR) is 50.9 cm³/mol. The van der Waals surface area contributed by atoms with E-state index in [1.807, 2.05) is 6.07 Å². The summed E-state index contributed by atoms with van der Waals surface area (Å²) < 4.78 is 0. The van der Waals surface area contributed by atoms with E-state index in [2.05, 4.69) is 19.9 Å². The molecular formula is C11H13O2. The number of hydrogen-bond acceptors (Lipinski definition) is 1. The van der Waals surface area contributed by atoms with Gasteiger partial charge in [0.15, 0.2) is 0 Å². The fraction of sp³-hybridized carbons (Fsp3) is 0.364. The summed E-state index contributed by atoms with van der Waals surface area (Å²) in [7, 11) is 0. The van der Waals surface area contributed by atoms with Crippen LogP contribution in [0.5, 0.6) is 0 Å². The van der Waals surface area contributed by atoms with Crippen molar-refractivity contribution < 1.29 is 9.90 Å². The molecule has 1 unspecified atom stereocenters. The summed E-state index contributed by atoms with van der Waals surface area (Å²) in [5, 5.41) is 8.73. The van der Waals surface area contributed by atoms with Gasteiger partial charge in [0.2, 0.25) is 0 Å². The first-order valence-corrected chi connectivity index (χ1v) is 4.40. The Bertz CT molecular complexity index is 305. The van der Waals surface area contributed by atoms with Crippen LogP contribution in [0.1, 0.15) is 42.1 Å². The first-order chi connectivity index (χ1) is 6.15. The largest absolute Gasteiger partial charge is 0.478 e. The highest BCUT2D eigenvalue weighted by Gasteiger charge is 2.07. The molecule has 0 aromatic heterocycles. The first kappa shape index (κ1) is 9.78. The van der Waals surface area contributed by atoms with Crippen LogP contribution in [0.15, 0.2) is 18.2 Å². The SMILES string of the molecule is CCC(C)c1cc[c]c(C(=O)O)c1. The first-order valence-electron chi connectivity index (χ1n) is 4.40. The van der Waals surface area contributed by atoms with Crippen molar-refractivity contribution in [1.29, 1.82) is 0 Å². The van der Waals surface area contributed by atoms with Crippen LogP contribution in [0.3, 0.4) is 0 Å². The molecular weight excluding hydrogens is 164 g/mol. The zero-order chi connectivity index (χ0) is 9.84. The monoisotopic (exact) mass is 177 g/mol. The molecule has 13 heavy (non-hydrogen) atoms. The Balaban J connectivity index is 2.98. The van der Waals surface area contributed by atoms with Gasteiger partial charge in [0, 0.05) is 0 Å². The second-order valence-corrected chi connectivity index (χ2v) is 3.15. The minimum atomic E-state index is -0.912. The van der Waals surface area contributed by atoms with Crippen LogP contribution in [0.25, 0.3) is 0 Å². The molecule has 0 saturated carbocycles. The smallest absolute Gasteiger partial charge is 0.336 e. The van der Waals surface area contributed by atoms with Crippen molar-refractivity contribution in [3.63, 3.8) is 0 Å². The number of hydrogen-bond donors (Lipinski definition) is 1. The molecule has 0 saturated heterocycles. The van der Waals surface area contributed by atoms with Gasteiger partial charge < -0.3 is 5.11 Å². The number of carbonyl (C=O) groups is 1. The van der Waals surface area contributed by atoms with Gasteiger partial charge in [-0.15, -0.1) is 0 Å².